The van der Waals surface area contributed by atoms with Crippen LogP contribution in [0.25, 0.3) is 0 Å². The standard InChI is InChI=1S/C15H28N4/c1-7-8-9-11(4)17-15-12(5)14(16-6)18-13(19-15)10(2)3/h10-11H,7-9H2,1-6H3,(H2,16,17,18,19). The van der Waals surface area contributed by atoms with Gasteiger partial charge in [0, 0.05) is 24.6 Å². The lowest BCUT2D eigenvalue weighted by molar-refractivity contribution is 0.641. The van der Waals surface area contributed by atoms with Crippen molar-refractivity contribution < 1.29 is 0 Å². The second-order valence-electron chi connectivity index (χ2n) is 5.50. The van der Waals surface area contributed by atoms with Crippen LogP contribution in [-0.2, 0) is 0 Å². The number of anilines is 2. The molecule has 0 aromatic carbocycles. The third-order valence-electron chi connectivity index (χ3n) is 3.29. The number of nitrogens with zero attached hydrogens (tertiary/aromatic N) is 2. The molecule has 19 heavy (non-hydrogen) atoms. The van der Waals surface area contributed by atoms with E-state index in [2.05, 4.69) is 55.2 Å². The highest BCUT2D eigenvalue weighted by atomic mass is 15.1. The predicted octanol–water partition coefficient (Wildman–Crippen LogP) is 3.94. The Morgan fingerprint density at radius 3 is 2.26 bits per heavy atom. The van der Waals surface area contributed by atoms with Gasteiger partial charge in [-0.3, -0.25) is 0 Å². The molecule has 0 radical (unpaired) electrons. The van der Waals surface area contributed by atoms with Gasteiger partial charge in [0.2, 0.25) is 0 Å². The molecule has 0 saturated heterocycles. The highest BCUT2D eigenvalue weighted by Gasteiger charge is 2.13. The fraction of sp³-hybridized carbons (Fsp3) is 0.733. The predicted molar refractivity (Wildman–Crippen MR) is 83.0 cm³/mol. The quantitative estimate of drug-likeness (QED) is 0.783. The molecule has 0 aliphatic rings. The third kappa shape index (κ3) is 4.37. The maximum atomic E-state index is 4.67. The number of aromatic nitrogens is 2. The maximum Gasteiger partial charge on any atom is 0.135 e. The van der Waals surface area contributed by atoms with Gasteiger partial charge in [0.1, 0.15) is 17.5 Å². The van der Waals surface area contributed by atoms with Crippen LogP contribution in [0.2, 0.25) is 0 Å². The third-order valence-corrected chi connectivity index (χ3v) is 3.29. The summed E-state index contributed by atoms with van der Waals surface area (Å²) in [7, 11) is 1.91. The molecule has 1 heterocycles. The fourth-order valence-electron chi connectivity index (χ4n) is 1.99. The van der Waals surface area contributed by atoms with Gasteiger partial charge in [0.15, 0.2) is 0 Å². The van der Waals surface area contributed by atoms with E-state index in [1.54, 1.807) is 0 Å². The average Bonchev–Trinajstić information content (AvgIpc) is 2.38. The molecule has 1 unspecified atom stereocenters. The molecular formula is C15H28N4. The Morgan fingerprint density at radius 1 is 1.11 bits per heavy atom. The van der Waals surface area contributed by atoms with Crippen LogP contribution in [0.4, 0.5) is 11.6 Å². The molecule has 0 spiro atoms. The van der Waals surface area contributed by atoms with E-state index in [-0.39, 0.29) is 0 Å². The van der Waals surface area contributed by atoms with Gasteiger partial charge in [0.05, 0.1) is 0 Å². The van der Waals surface area contributed by atoms with Crippen LogP contribution < -0.4 is 10.6 Å². The number of nitrogens with one attached hydrogen (secondary N) is 2. The van der Waals surface area contributed by atoms with Crippen molar-refractivity contribution in [1.29, 1.82) is 0 Å². The van der Waals surface area contributed by atoms with Crippen molar-refractivity contribution in [3.05, 3.63) is 11.4 Å². The highest BCUT2D eigenvalue weighted by Crippen LogP contribution is 2.23. The molecule has 1 aromatic heterocycles. The van der Waals surface area contributed by atoms with Crippen molar-refractivity contribution in [1.82, 2.24) is 9.97 Å². The molecule has 108 valence electrons. The first-order chi connectivity index (χ1) is 8.99. The Balaban J connectivity index is 2.94. The number of rotatable bonds is 7. The number of unbranched alkanes of at least 4 members (excludes halogenated alkanes) is 1. The lowest BCUT2D eigenvalue weighted by Crippen LogP contribution is -2.18. The van der Waals surface area contributed by atoms with Crippen molar-refractivity contribution in [2.75, 3.05) is 17.7 Å². The zero-order valence-electron chi connectivity index (χ0n) is 13.2. The summed E-state index contributed by atoms with van der Waals surface area (Å²) in [6.45, 7) is 10.7. The SMILES string of the molecule is CCCCC(C)Nc1nc(C(C)C)nc(NC)c1C. The maximum absolute atomic E-state index is 4.67. The van der Waals surface area contributed by atoms with Crippen LogP contribution in [0.1, 0.15) is 64.3 Å². The van der Waals surface area contributed by atoms with Gasteiger partial charge in [-0.05, 0) is 20.3 Å². The summed E-state index contributed by atoms with van der Waals surface area (Å²) in [6.07, 6.45) is 3.65. The minimum atomic E-state index is 0.333. The zero-order valence-corrected chi connectivity index (χ0v) is 13.2. The van der Waals surface area contributed by atoms with Gasteiger partial charge in [-0.2, -0.15) is 0 Å². The summed E-state index contributed by atoms with van der Waals surface area (Å²) in [5.74, 6) is 3.11. The van der Waals surface area contributed by atoms with Crippen molar-refractivity contribution in [3.8, 4) is 0 Å². The molecule has 0 aliphatic heterocycles. The monoisotopic (exact) mass is 264 g/mol. The van der Waals surface area contributed by atoms with E-state index in [1.165, 1.54) is 19.3 Å². The van der Waals surface area contributed by atoms with E-state index in [0.717, 1.165) is 23.0 Å². The fourth-order valence-corrected chi connectivity index (χ4v) is 1.99. The number of hydrogen-bond acceptors (Lipinski definition) is 4. The van der Waals surface area contributed by atoms with E-state index >= 15 is 0 Å². The summed E-state index contributed by atoms with van der Waals surface area (Å²) in [5.41, 5.74) is 1.09. The zero-order chi connectivity index (χ0) is 14.4. The molecule has 1 rings (SSSR count). The van der Waals surface area contributed by atoms with Gasteiger partial charge < -0.3 is 10.6 Å². The highest BCUT2D eigenvalue weighted by molar-refractivity contribution is 5.57. The Bertz CT molecular complexity index is 401. The van der Waals surface area contributed by atoms with E-state index in [0.29, 0.717) is 12.0 Å². The second-order valence-corrected chi connectivity index (χ2v) is 5.50. The van der Waals surface area contributed by atoms with Crippen molar-refractivity contribution in [3.63, 3.8) is 0 Å². The molecule has 1 aromatic rings. The molecule has 4 heteroatoms. The second kappa shape index (κ2) is 7.31. The van der Waals surface area contributed by atoms with Crippen LogP contribution in [-0.4, -0.2) is 23.1 Å². The summed E-state index contributed by atoms with van der Waals surface area (Å²) >= 11 is 0. The Morgan fingerprint density at radius 2 is 1.74 bits per heavy atom. The van der Waals surface area contributed by atoms with Crippen molar-refractivity contribution in [2.45, 2.75) is 65.8 Å². The molecule has 1 atom stereocenters. The number of hydrogen-bond donors (Lipinski definition) is 2. The van der Waals surface area contributed by atoms with E-state index < -0.39 is 0 Å². The van der Waals surface area contributed by atoms with Crippen molar-refractivity contribution >= 4 is 11.6 Å². The molecule has 0 bridgehead atoms. The van der Waals surface area contributed by atoms with E-state index in [4.69, 9.17) is 0 Å². The normalized spacial score (nSPS) is 12.6. The van der Waals surface area contributed by atoms with Crippen LogP contribution in [0, 0.1) is 6.92 Å². The van der Waals surface area contributed by atoms with Crippen LogP contribution in [0.5, 0.6) is 0 Å². The summed E-state index contributed by atoms with van der Waals surface area (Å²) in [5, 5.41) is 6.68. The summed E-state index contributed by atoms with van der Waals surface area (Å²) < 4.78 is 0. The summed E-state index contributed by atoms with van der Waals surface area (Å²) in [4.78, 5) is 9.22. The topological polar surface area (TPSA) is 49.8 Å². The molecular weight excluding hydrogens is 236 g/mol. The lowest BCUT2D eigenvalue weighted by Gasteiger charge is -2.19. The van der Waals surface area contributed by atoms with Crippen LogP contribution in [0.15, 0.2) is 0 Å². The molecule has 2 N–H and O–H groups in total. The molecule has 0 fully saturated rings. The lowest BCUT2D eigenvalue weighted by atomic mass is 10.1. The van der Waals surface area contributed by atoms with Gasteiger partial charge in [-0.25, -0.2) is 9.97 Å². The molecule has 0 saturated carbocycles. The molecule has 0 amide bonds. The van der Waals surface area contributed by atoms with Gasteiger partial charge in [-0.15, -0.1) is 0 Å². The van der Waals surface area contributed by atoms with Crippen LogP contribution in [0.3, 0.4) is 0 Å². The Hall–Kier alpha value is -1.32. The van der Waals surface area contributed by atoms with Gasteiger partial charge >= 0.3 is 0 Å². The van der Waals surface area contributed by atoms with Gasteiger partial charge in [-0.1, -0.05) is 33.6 Å². The Labute approximate surface area is 117 Å². The minimum Gasteiger partial charge on any atom is -0.373 e. The van der Waals surface area contributed by atoms with Crippen LogP contribution >= 0.6 is 0 Å². The largest absolute Gasteiger partial charge is 0.373 e. The minimum absolute atomic E-state index is 0.333. The first-order valence-corrected chi connectivity index (χ1v) is 7.32. The average molecular weight is 264 g/mol. The summed E-state index contributed by atoms with van der Waals surface area (Å²) in [6, 6.07) is 0.443. The first kappa shape index (κ1) is 15.7. The van der Waals surface area contributed by atoms with Crippen molar-refractivity contribution in [2.24, 2.45) is 0 Å². The van der Waals surface area contributed by atoms with Gasteiger partial charge in [0.25, 0.3) is 0 Å². The molecule has 0 aliphatic carbocycles. The first-order valence-electron chi connectivity index (χ1n) is 7.32. The Kier molecular flexibility index (Phi) is 6.06. The smallest absolute Gasteiger partial charge is 0.135 e. The van der Waals surface area contributed by atoms with E-state index in [1.807, 2.05) is 7.05 Å². The van der Waals surface area contributed by atoms with E-state index in [9.17, 15) is 0 Å². The molecule has 4 nitrogen and oxygen atoms in total.